The third-order valence-electron chi connectivity index (χ3n) is 10.6. The van der Waals surface area contributed by atoms with Gasteiger partial charge in [0.05, 0.1) is 0 Å². The zero-order valence-corrected chi connectivity index (χ0v) is 31.7. The summed E-state index contributed by atoms with van der Waals surface area (Å²) in [6, 6.07) is 32.5. The number of allylic oxidation sites excluding steroid dienone is 1. The summed E-state index contributed by atoms with van der Waals surface area (Å²) in [7, 11) is -2.79. The summed E-state index contributed by atoms with van der Waals surface area (Å²) >= 11 is 0. The quantitative estimate of drug-likeness (QED) is 0.121. The van der Waals surface area contributed by atoms with Gasteiger partial charge in [-0.05, 0) is 95.6 Å². The molecule has 5 rings (SSSR count). The summed E-state index contributed by atoms with van der Waals surface area (Å²) in [4.78, 5) is 0. The molecule has 1 heteroatoms. The van der Waals surface area contributed by atoms with Crippen LogP contribution in [0, 0.1) is 0 Å². The van der Waals surface area contributed by atoms with Gasteiger partial charge in [0, 0.05) is 5.54 Å². The first kappa shape index (κ1) is 34.2. The van der Waals surface area contributed by atoms with Gasteiger partial charge in [-0.15, -0.1) is 0 Å². The number of rotatable bonds is 10. The fourth-order valence-electron chi connectivity index (χ4n) is 7.38. The molecule has 4 aromatic rings. The maximum atomic E-state index is 2.63. The van der Waals surface area contributed by atoms with E-state index in [1.54, 1.807) is 15.6 Å². The molecule has 0 N–H and O–H groups in total. The third-order valence-corrected chi connectivity index (χ3v) is 15.6. The van der Waals surface area contributed by atoms with E-state index in [0.717, 1.165) is 0 Å². The maximum Gasteiger partial charge on any atom is 0.159 e. The minimum absolute atomic E-state index is 0.288. The van der Waals surface area contributed by atoms with Crippen LogP contribution in [-0.4, -0.2) is 8.07 Å². The molecule has 0 fully saturated rings. The van der Waals surface area contributed by atoms with Crippen molar-refractivity contribution in [3.8, 4) is 0 Å². The normalized spacial score (nSPS) is 15.0. The highest BCUT2D eigenvalue weighted by Crippen LogP contribution is 2.39. The highest BCUT2D eigenvalue weighted by atomic mass is 28.3. The van der Waals surface area contributed by atoms with Crippen LogP contribution < -0.4 is 15.6 Å². The van der Waals surface area contributed by atoms with Crippen LogP contribution in [0.15, 0.2) is 84.9 Å². The van der Waals surface area contributed by atoms with Gasteiger partial charge in [-0.1, -0.05) is 174 Å². The Balaban J connectivity index is 2.07. The van der Waals surface area contributed by atoms with Gasteiger partial charge in [0.2, 0.25) is 0 Å². The Morgan fingerprint density at radius 1 is 0.413 bits per heavy atom. The van der Waals surface area contributed by atoms with Gasteiger partial charge in [0.1, 0.15) is 0 Å². The summed E-state index contributed by atoms with van der Waals surface area (Å²) in [6.07, 6.45) is 5.00. The summed E-state index contributed by atoms with van der Waals surface area (Å²) in [6.45, 7) is 28.4. The van der Waals surface area contributed by atoms with Crippen molar-refractivity contribution >= 4 is 29.7 Å². The van der Waals surface area contributed by atoms with Crippen molar-refractivity contribution in [2.45, 2.75) is 124 Å². The van der Waals surface area contributed by atoms with Crippen LogP contribution in [-0.2, 0) is 0 Å². The largest absolute Gasteiger partial charge is 0.159 e. The van der Waals surface area contributed by atoms with Gasteiger partial charge < -0.3 is 0 Å². The van der Waals surface area contributed by atoms with Crippen LogP contribution in [0.2, 0.25) is 0 Å². The Kier molecular flexibility index (Phi) is 10.0. The smallest absolute Gasteiger partial charge is 0.0781 e. The first-order valence-electron chi connectivity index (χ1n) is 18.0. The second-order valence-corrected chi connectivity index (χ2v) is 19.8. The molecule has 0 spiro atoms. The van der Waals surface area contributed by atoms with Gasteiger partial charge in [-0.3, -0.25) is 0 Å². The molecule has 0 saturated carbocycles. The fourth-order valence-corrected chi connectivity index (χ4v) is 12.9. The fraction of sp³-hybridized carbons (Fsp3) is 0.422. The average Bonchev–Trinajstić information content (AvgIpc) is 3.45. The molecular formula is C45H58Si. The van der Waals surface area contributed by atoms with E-state index >= 15 is 0 Å². The lowest BCUT2D eigenvalue weighted by Crippen LogP contribution is -2.71. The summed E-state index contributed by atoms with van der Waals surface area (Å²) in [5.74, 6) is 2.73. The van der Waals surface area contributed by atoms with E-state index in [0.29, 0.717) is 35.5 Å². The molecule has 0 saturated heterocycles. The molecule has 1 aliphatic rings. The van der Waals surface area contributed by atoms with Crippen molar-refractivity contribution in [1.29, 1.82) is 0 Å². The predicted molar refractivity (Wildman–Crippen MR) is 207 cm³/mol. The monoisotopic (exact) mass is 626 g/mol. The third kappa shape index (κ3) is 6.37. The van der Waals surface area contributed by atoms with Crippen LogP contribution in [0.3, 0.4) is 0 Å². The minimum Gasteiger partial charge on any atom is -0.0781 e. The van der Waals surface area contributed by atoms with E-state index in [1.807, 2.05) is 0 Å². The molecule has 242 valence electrons. The van der Waals surface area contributed by atoms with Crippen molar-refractivity contribution in [2.75, 3.05) is 0 Å². The predicted octanol–water partition coefficient (Wildman–Crippen LogP) is 11.2. The van der Waals surface area contributed by atoms with Crippen LogP contribution in [0.25, 0.3) is 6.08 Å². The molecule has 4 aromatic carbocycles. The molecule has 0 nitrogen and oxygen atoms in total. The summed E-state index contributed by atoms with van der Waals surface area (Å²) in [5.41, 5.74) is 11.9. The highest BCUT2D eigenvalue weighted by molar-refractivity contribution is 7.12. The van der Waals surface area contributed by atoms with Gasteiger partial charge in [-0.25, -0.2) is 0 Å². The van der Waals surface area contributed by atoms with E-state index in [1.165, 1.54) is 44.5 Å². The first-order chi connectivity index (χ1) is 21.7. The lowest BCUT2D eigenvalue weighted by molar-refractivity contribution is 0.834. The maximum absolute atomic E-state index is 2.79. The molecule has 1 aliphatic carbocycles. The highest BCUT2D eigenvalue weighted by Gasteiger charge is 2.49. The second-order valence-electron chi connectivity index (χ2n) is 15.9. The van der Waals surface area contributed by atoms with Crippen LogP contribution in [0.4, 0.5) is 0 Å². The number of hydrogen-bond acceptors (Lipinski definition) is 0. The van der Waals surface area contributed by atoms with Crippen molar-refractivity contribution in [3.05, 3.63) is 129 Å². The number of hydrogen-bond donors (Lipinski definition) is 0. The Morgan fingerprint density at radius 3 is 1.02 bits per heavy atom. The molecular weight excluding hydrogens is 569 g/mol. The summed E-state index contributed by atoms with van der Waals surface area (Å²) in [5, 5.41) is 4.67. The Bertz CT molecular complexity index is 1480. The minimum atomic E-state index is -2.79. The summed E-state index contributed by atoms with van der Waals surface area (Å²) < 4.78 is 0. The van der Waals surface area contributed by atoms with Crippen LogP contribution in [0.5, 0.6) is 0 Å². The standard InChI is InChI=1S/C45H58Si/c1-28(2)35-19-36(29(3)4)23-41(22-35)46(45-18-17-34-15-13-14-16-44(34)45,42-24-37(30(5)6)20-38(25-42)31(7)8)43-26-39(32(9)10)21-40(27-43)33(11)12/h13-33,45H,1-12H3. The van der Waals surface area contributed by atoms with Gasteiger partial charge in [-0.2, -0.15) is 0 Å². The zero-order chi connectivity index (χ0) is 33.5. The molecule has 0 amide bonds. The van der Waals surface area contributed by atoms with Crippen LogP contribution >= 0.6 is 0 Å². The number of benzene rings is 4. The molecule has 1 atom stereocenters. The topological polar surface area (TPSA) is 0 Å². The SMILES string of the molecule is CC(C)c1cc(C(C)C)cc([Si](c2cc(C(C)C)cc(C(C)C)c2)(c2cc(C(C)C)cc(C(C)C)c2)C2C=Cc3ccccc32)c1. The van der Waals surface area contributed by atoms with E-state index in [-0.39, 0.29) is 5.54 Å². The zero-order valence-electron chi connectivity index (χ0n) is 30.7. The van der Waals surface area contributed by atoms with E-state index in [4.69, 9.17) is 0 Å². The second kappa shape index (κ2) is 13.5. The molecule has 0 bridgehead atoms. The van der Waals surface area contributed by atoms with Crippen LogP contribution in [0.1, 0.15) is 169 Å². The molecule has 0 aliphatic heterocycles. The molecule has 1 unspecified atom stereocenters. The lowest BCUT2D eigenvalue weighted by atomic mass is 9.95. The first-order valence-corrected chi connectivity index (χ1v) is 20.0. The Hall–Kier alpha value is -3.16. The van der Waals surface area contributed by atoms with Crippen molar-refractivity contribution < 1.29 is 0 Å². The Labute approximate surface area is 282 Å². The molecule has 0 aromatic heterocycles. The lowest BCUT2D eigenvalue weighted by Gasteiger charge is -2.41. The number of fused-ring (bicyclic) bond motifs is 1. The van der Waals surface area contributed by atoms with Crippen molar-refractivity contribution in [2.24, 2.45) is 0 Å². The van der Waals surface area contributed by atoms with E-state index in [2.05, 4.69) is 174 Å². The van der Waals surface area contributed by atoms with Crippen molar-refractivity contribution in [3.63, 3.8) is 0 Å². The van der Waals surface area contributed by atoms with Gasteiger partial charge in [0.15, 0.2) is 8.07 Å². The molecule has 0 heterocycles. The Morgan fingerprint density at radius 2 is 0.717 bits per heavy atom. The van der Waals surface area contributed by atoms with Gasteiger partial charge in [0.25, 0.3) is 0 Å². The van der Waals surface area contributed by atoms with Crippen molar-refractivity contribution in [1.82, 2.24) is 0 Å². The van der Waals surface area contributed by atoms with E-state index in [9.17, 15) is 0 Å². The average molecular weight is 627 g/mol. The van der Waals surface area contributed by atoms with Gasteiger partial charge >= 0.3 is 0 Å². The molecule has 46 heavy (non-hydrogen) atoms. The van der Waals surface area contributed by atoms with E-state index < -0.39 is 8.07 Å². The molecule has 0 radical (unpaired) electrons.